The van der Waals surface area contributed by atoms with Gasteiger partial charge in [0.2, 0.25) is 0 Å². The monoisotopic (exact) mass is 496 g/mol. The molecule has 1 aromatic carbocycles. The summed E-state index contributed by atoms with van der Waals surface area (Å²) in [5, 5.41) is 14.6. The van der Waals surface area contributed by atoms with Crippen molar-refractivity contribution in [3.05, 3.63) is 56.7 Å². The second-order valence-corrected chi connectivity index (χ2v) is 9.11. The highest BCUT2D eigenvalue weighted by molar-refractivity contribution is 6.33. The molecule has 3 atom stereocenters. The van der Waals surface area contributed by atoms with Crippen molar-refractivity contribution in [2.75, 3.05) is 24.6 Å². The Morgan fingerprint density at radius 2 is 2.09 bits per heavy atom. The summed E-state index contributed by atoms with van der Waals surface area (Å²) in [5.74, 6) is -0.698. The van der Waals surface area contributed by atoms with Crippen molar-refractivity contribution in [2.45, 2.75) is 57.0 Å². The molecule has 12 heteroatoms. The summed E-state index contributed by atoms with van der Waals surface area (Å²) in [6, 6.07) is 3.09. The van der Waals surface area contributed by atoms with Crippen LogP contribution in [-0.4, -0.2) is 46.6 Å². The van der Waals surface area contributed by atoms with Gasteiger partial charge in [0.15, 0.2) is 6.23 Å². The molecular formula is C22H24ClF3N6O2. The van der Waals surface area contributed by atoms with Crippen LogP contribution >= 0.6 is 11.6 Å². The Balaban J connectivity index is 1.29. The van der Waals surface area contributed by atoms with E-state index in [9.17, 15) is 18.0 Å². The van der Waals surface area contributed by atoms with Gasteiger partial charge in [0.05, 0.1) is 24.5 Å². The van der Waals surface area contributed by atoms with Gasteiger partial charge in [0.1, 0.15) is 16.9 Å². The molecule has 0 amide bonds. The zero-order chi connectivity index (χ0) is 23.8. The number of aromatic nitrogens is 2. The zero-order valence-electron chi connectivity index (χ0n) is 18.3. The van der Waals surface area contributed by atoms with Gasteiger partial charge in [0, 0.05) is 25.3 Å². The van der Waals surface area contributed by atoms with Gasteiger partial charge in [-0.15, -0.1) is 0 Å². The van der Waals surface area contributed by atoms with Crippen molar-refractivity contribution in [3.63, 3.8) is 0 Å². The third-order valence-corrected chi connectivity index (χ3v) is 6.97. The molecule has 2 saturated heterocycles. The van der Waals surface area contributed by atoms with Gasteiger partial charge in [0.25, 0.3) is 12.0 Å². The lowest BCUT2D eigenvalue weighted by Crippen LogP contribution is -2.49. The van der Waals surface area contributed by atoms with E-state index in [0.717, 1.165) is 18.9 Å². The molecule has 3 unspecified atom stereocenters. The maximum Gasteiger partial charge on any atom is 0.290 e. The number of anilines is 1. The minimum atomic E-state index is -2.78. The molecule has 5 rings (SSSR count). The number of nitrogens with zero attached hydrogens (tertiary/aromatic N) is 6. The average Bonchev–Trinajstić information content (AvgIpc) is 3.24. The van der Waals surface area contributed by atoms with Crippen LogP contribution in [0.2, 0.25) is 5.02 Å². The molecule has 34 heavy (non-hydrogen) atoms. The third-order valence-electron chi connectivity index (χ3n) is 6.61. The smallest absolute Gasteiger partial charge is 0.290 e. The number of piperidine rings is 1. The highest BCUT2D eigenvalue weighted by Gasteiger charge is 2.39. The first-order valence-corrected chi connectivity index (χ1v) is 11.7. The highest BCUT2D eigenvalue weighted by Crippen LogP contribution is 2.33. The topological polar surface area (TPSA) is 75.3 Å². The largest absolute Gasteiger partial charge is 0.366 e. The molecule has 0 saturated carbocycles. The molecule has 182 valence electrons. The predicted octanol–water partition coefficient (Wildman–Crippen LogP) is 4.50. The number of hydrogen-bond acceptors (Lipinski definition) is 7. The van der Waals surface area contributed by atoms with Crippen LogP contribution < -0.4 is 10.5 Å². The van der Waals surface area contributed by atoms with E-state index in [-0.39, 0.29) is 29.2 Å². The van der Waals surface area contributed by atoms with E-state index in [1.54, 1.807) is 11.2 Å². The Morgan fingerprint density at radius 1 is 1.24 bits per heavy atom. The lowest BCUT2D eigenvalue weighted by Gasteiger charge is -2.37. The van der Waals surface area contributed by atoms with Crippen LogP contribution in [0.25, 0.3) is 0 Å². The van der Waals surface area contributed by atoms with E-state index in [2.05, 4.69) is 15.4 Å². The Hall–Kier alpha value is -2.66. The minimum absolute atomic E-state index is 0.0855. The second kappa shape index (κ2) is 9.53. The SMILES string of the molecule is O=c1c(Cl)c(N2CCC3C(C2)N=NN3Cc2ccc(F)cc2C(F)F)cnn1C1CCCCO1. The van der Waals surface area contributed by atoms with Gasteiger partial charge in [-0.3, -0.25) is 9.80 Å². The van der Waals surface area contributed by atoms with Crippen molar-refractivity contribution >= 4 is 17.3 Å². The van der Waals surface area contributed by atoms with Gasteiger partial charge >= 0.3 is 0 Å². The fourth-order valence-electron chi connectivity index (χ4n) is 4.81. The Morgan fingerprint density at radius 3 is 2.85 bits per heavy atom. The number of fused-ring (bicyclic) bond motifs is 1. The molecule has 0 spiro atoms. The number of ether oxygens (including phenoxy) is 1. The molecule has 0 aliphatic carbocycles. The van der Waals surface area contributed by atoms with E-state index in [4.69, 9.17) is 16.3 Å². The number of rotatable bonds is 5. The van der Waals surface area contributed by atoms with Gasteiger partial charge in [-0.05, 0) is 43.4 Å². The highest BCUT2D eigenvalue weighted by atomic mass is 35.5. The van der Waals surface area contributed by atoms with E-state index >= 15 is 0 Å². The fourth-order valence-corrected chi connectivity index (χ4v) is 5.07. The first-order valence-electron chi connectivity index (χ1n) is 11.3. The molecular weight excluding hydrogens is 473 g/mol. The summed E-state index contributed by atoms with van der Waals surface area (Å²) in [5.41, 5.74) is 0.124. The maximum absolute atomic E-state index is 13.4. The zero-order valence-corrected chi connectivity index (χ0v) is 19.0. The number of hydrogen-bond donors (Lipinski definition) is 0. The lowest BCUT2D eigenvalue weighted by atomic mass is 9.98. The molecule has 0 N–H and O–H groups in total. The second-order valence-electron chi connectivity index (χ2n) is 8.73. The van der Waals surface area contributed by atoms with E-state index in [1.807, 2.05) is 4.90 Å². The van der Waals surface area contributed by atoms with Crippen molar-refractivity contribution in [2.24, 2.45) is 10.3 Å². The van der Waals surface area contributed by atoms with Gasteiger partial charge in [-0.25, -0.2) is 13.2 Å². The Labute approximate surface area is 198 Å². The average molecular weight is 497 g/mol. The number of benzene rings is 1. The Kier molecular flexibility index (Phi) is 6.48. The van der Waals surface area contributed by atoms with Crippen molar-refractivity contribution in [3.8, 4) is 0 Å². The number of alkyl halides is 2. The first-order chi connectivity index (χ1) is 16.4. The Bertz CT molecular complexity index is 1140. The van der Waals surface area contributed by atoms with Gasteiger partial charge < -0.3 is 9.64 Å². The first kappa shape index (κ1) is 23.1. The maximum atomic E-state index is 13.4. The summed E-state index contributed by atoms with van der Waals surface area (Å²) in [6.45, 7) is 1.73. The molecule has 8 nitrogen and oxygen atoms in total. The van der Waals surface area contributed by atoms with Gasteiger partial charge in [-0.1, -0.05) is 22.9 Å². The fraction of sp³-hybridized carbons (Fsp3) is 0.545. The van der Waals surface area contributed by atoms with Crippen LogP contribution in [0.5, 0.6) is 0 Å². The van der Waals surface area contributed by atoms with E-state index < -0.39 is 24.0 Å². The summed E-state index contributed by atoms with van der Waals surface area (Å²) in [7, 11) is 0. The lowest BCUT2D eigenvalue weighted by molar-refractivity contribution is -0.0424. The van der Waals surface area contributed by atoms with E-state index in [0.29, 0.717) is 43.8 Å². The van der Waals surface area contributed by atoms with Crippen molar-refractivity contribution < 1.29 is 17.9 Å². The van der Waals surface area contributed by atoms with Crippen LogP contribution in [0.3, 0.4) is 0 Å². The van der Waals surface area contributed by atoms with Gasteiger partial charge in [-0.2, -0.15) is 14.9 Å². The van der Waals surface area contributed by atoms with Crippen LogP contribution in [0, 0.1) is 5.82 Å². The molecule has 1 aromatic heterocycles. The third kappa shape index (κ3) is 4.38. The van der Waals surface area contributed by atoms with Crippen LogP contribution in [-0.2, 0) is 11.3 Å². The quantitative estimate of drug-likeness (QED) is 0.609. The predicted molar refractivity (Wildman–Crippen MR) is 119 cm³/mol. The van der Waals surface area contributed by atoms with E-state index in [1.165, 1.54) is 16.8 Å². The summed E-state index contributed by atoms with van der Waals surface area (Å²) < 4.78 is 47.2. The molecule has 4 heterocycles. The van der Waals surface area contributed by atoms with Crippen LogP contribution in [0.4, 0.5) is 18.9 Å². The molecule has 3 aliphatic rings. The summed E-state index contributed by atoms with van der Waals surface area (Å²) >= 11 is 6.45. The standard InChI is InChI=1S/C22H24ClF3N6O2/c23-20-18(10-27-32(22(20)33)19-3-1-2-8-34-19)30-7-6-17-16(12-30)28-29-31(17)11-13-4-5-14(24)9-15(13)21(25)26/h4-5,9-10,16-17,19,21H,1-3,6-8,11-12H2. The van der Waals surface area contributed by atoms with Crippen LogP contribution in [0.15, 0.2) is 39.5 Å². The van der Waals surface area contributed by atoms with Crippen molar-refractivity contribution in [1.29, 1.82) is 0 Å². The normalized spacial score (nSPS) is 24.7. The number of halogens is 4. The minimum Gasteiger partial charge on any atom is -0.366 e. The molecule has 3 aliphatic heterocycles. The molecule has 2 fully saturated rings. The molecule has 0 bridgehead atoms. The summed E-state index contributed by atoms with van der Waals surface area (Å²) in [4.78, 5) is 14.8. The summed E-state index contributed by atoms with van der Waals surface area (Å²) in [6.07, 6.45) is 1.68. The van der Waals surface area contributed by atoms with Crippen LogP contribution in [0.1, 0.15) is 49.5 Å². The van der Waals surface area contributed by atoms with Crippen molar-refractivity contribution in [1.82, 2.24) is 14.8 Å². The molecule has 0 radical (unpaired) electrons. The molecule has 2 aromatic rings.